The van der Waals surface area contributed by atoms with Gasteiger partial charge in [-0.25, -0.2) is 4.79 Å². The molecule has 0 aliphatic carbocycles. The normalized spacial score (nSPS) is 13.7. The fourth-order valence-electron chi connectivity index (χ4n) is 3.75. The van der Waals surface area contributed by atoms with Gasteiger partial charge >= 0.3 is 5.69 Å². The average molecular weight is 447 g/mol. The third-order valence-electron chi connectivity index (χ3n) is 5.45. The molecule has 3 aromatic rings. The quantitative estimate of drug-likeness (QED) is 0.560. The topological polar surface area (TPSA) is 91.6 Å². The van der Waals surface area contributed by atoms with Gasteiger partial charge in [-0.2, -0.15) is 0 Å². The van der Waals surface area contributed by atoms with E-state index in [1.165, 1.54) is 11.6 Å². The van der Waals surface area contributed by atoms with E-state index < -0.39 is 17.0 Å². The number of ether oxygens (including phenoxy) is 2. The number of fused-ring (bicyclic) bond motifs is 1. The highest BCUT2D eigenvalue weighted by atomic mass is 16.5. The lowest BCUT2D eigenvalue weighted by Gasteiger charge is -2.12. The average Bonchev–Trinajstić information content (AvgIpc) is 3.15. The lowest BCUT2D eigenvalue weighted by molar-refractivity contribution is 0.104. The van der Waals surface area contributed by atoms with Crippen LogP contribution in [0.1, 0.15) is 34.8 Å². The Balaban J connectivity index is 1.64. The van der Waals surface area contributed by atoms with Gasteiger partial charge < -0.3 is 14.8 Å². The molecule has 1 aliphatic heterocycles. The lowest BCUT2D eigenvalue weighted by atomic mass is 10.1. The minimum absolute atomic E-state index is 0.0217. The summed E-state index contributed by atoms with van der Waals surface area (Å²) in [6.07, 6.45) is 2.31. The highest BCUT2D eigenvalue weighted by Crippen LogP contribution is 2.31. The molecule has 0 radical (unpaired) electrons. The number of carbonyl (C=O) groups is 1. The SMILES string of the molecule is CCCn1c2c(c(=O)n(C)c1=O)C(=O)/C(=C/c1ccc(OCc3ccccc3)c(OC)c1)N2. The number of carbonyl (C=O) groups excluding carboxylic acids is 1. The Labute approximate surface area is 190 Å². The summed E-state index contributed by atoms with van der Waals surface area (Å²) in [5.74, 6) is 0.889. The molecule has 0 saturated heterocycles. The molecule has 0 unspecified atom stereocenters. The molecule has 2 heterocycles. The van der Waals surface area contributed by atoms with E-state index in [1.807, 2.05) is 37.3 Å². The van der Waals surface area contributed by atoms with Gasteiger partial charge in [-0.05, 0) is 35.8 Å². The highest BCUT2D eigenvalue weighted by molar-refractivity contribution is 6.19. The number of hydrogen-bond donors (Lipinski definition) is 1. The minimum Gasteiger partial charge on any atom is -0.493 e. The van der Waals surface area contributed by atoms with E-state index >= 15 is 0 Å². The van der Waals surface area contributed by atoms with Gasteiger partial charge in [0.1, 0.15) is 18.0 Å². The maximum Gasteiger partial charge on any atom is 0.332 e. The van der Waals surface area contributed by atoms with Crippen LogP contribution in [-0.2, 0) is 20.2 Å². The zero-order valence-corrected chi connectivity index (χ0v) is 18.8. The van der Waals surface area contributed by atoms with E-state index in [1.54, 1.807) is 31.4 Å². The van der Waals surface area contributed by atoms with Crippen LogP contribution < -0.4 is 26.0 Å². The van der Waals surface area contributed by atoms with Crippen LogP contribution in [0.15, 0.2) is 63.8 Å². The van der Waals surface area contributed by atoms with Crippen LogP contribution in [0, 0.1) is 0 Å². The van der Waals surface area contributed by atoms with Gasteiger partial charge in [0.15, 0.2) is 11.5 Å². The van der Waals surface area contributed by atoms with E-state index in [4.69, 9.17) is 9.47 Å². The molecule has 8 nitrogen and oxygen atoms in total. The van der Waals surface area contributed by atoms with Crippen LogP contribution in [-0.4, -0.2) is 22.0 Å². The van der Waals surface area contributed by atoms with Gasteiger partial charge in [0.05, 0.1) is 12.8 Å². The van der Waals surface area contributed by atoms with Crippen molar-refractivity contribution in [2.45, 2.75) is 26.5 Å². The van der Waals surface area contributed by atoms with E-state index in [0.717, 1.165) is 10.1 Å². The second-order valence-corrected chi connectivity index (χ2v) is 7.72. The third-order valence-corrected chi connectivity index (χ3v) is 5.45. The maximum absolute atomic E-state index is 13.0. The van der Waals surface area contributed by atoms with Gasteiger partial charge in [-0.15, -0.1) is 0 Å². The summed E-state index contributed by atoms with van der Waals surface area (Å²) >= 11 is 0. The maximum atomic E-state index is 13.0. The van der Waals surface area contributed by atoms with Gasteiger partial charge in [0, 0.05) is 13.6 Å². The van der Waals surface area contributed by atoms with Crippen molar-refractivity contribution in [3.05, 3.63) is 91.8 Å². The summed E-state index contributed by atoms with van der Waals surface area (Å²) in [5.41, 5.74) is 0.853. The van der Waals surface area contributed by atoms with Crippen molar-refractivity contribution in [1.82, 2.24) is 9.13 Å². The number of hydrogen-bond acceptors (Lipinski definition) is 6. The highest BCUT2D eigenvalue weighted by Gasteiger charge is 2.32. The molecule has 170 valence electrons. The summed E-state index contributed by atoms with van der Waals surface area (Å²) in [7, 11) is 2.93. The number of benzene rings is 2. The number of nitrogens with zero attached hydrogens (tertiary/aromatic N) is 2. The van der Waals surface area contributed by atoms with Crippen molar-refractivity contribution < 1.29 is 14.3 Å². The van der Waals surface area contributed by atoms with E-state index in [9.17, 15) is 14.4 Å². The summed E-state index contributed by atoms with van der Waals surface area (Å²) in [6.45, 7) is 2.71. The first-order valence-electron chi connectivity index (χ1n) is 10.7. The molecule has 4 rings (SSSR count). The standard InChI is InChI=1S/C25H25N3O5/c1-4-12-28-23-21(24(30)27(2)25(28)31)22(29)18(26-23)13-17-10-11-19(20(14-17)32-3)33-15-16-8-6-5-7-9-16/h5-11,13-14,26H,4,12,15H2,1-3H3/b18-13-. The van der Waals surface area contributed by atoms with Crippen LogP contribution in [0.3, 0.4) is 0 Å². The molecule has 1 N–H and O–H groups in total. The predicted molar refractivity (Wildman–Crippen MR) is 126 cm³/mol. The number of allylic oxidation sites excluding steroid dienone is 1. The van der Waals surface area contributed by atoms with Gasteiger partial charge in [0.25, 0.3) is 5.56 Å². The van der Waals surface area contributed by atoms with Gasteiger partial charge in [0.2, 0.25) is 5.78 Å². The van der Waals surface area contributed by atoms with Crippen molar-refractivity contribution >= 4 is 17.7 Å². The summed E-state index contributed by atoms with van der Waals surface area (Å²) in [5, 5.41) is 2.98. The molecule has 0 fully saturated rings. The molecule has 2 aromatic carbocycles. The first-order valence-corrected chi connectivity index (χ1v) is 10.7. The van der Waals surface area contributed by atoms with Crippen LogP contribution in [0.2, 0.25) is 0 Å². The fraction of sp³-hybridized carbons (Fsp3) is 0.240. The molecule has 1 aliphatic rings. The Kier molecular flexibility index (Phi) is 6.17. The Morgan fingerprint density at radius 2 is 1.79 bits per heavy atom. The number of ketones is 1. The summed E-state index contributed by atoms with van der Waals surface area (Å²) in [6, 6.07) is 15.1. The monoisotopic (exact) mass is 447 g/mol. The van der Waals surface area contributed by atoms with Crippen LogP contribution in [0.4, 0.5) is 5.82 Å². The van der Waals surface area contributed by atoms with Crippen molar-refractivity contribution in [2.24, 2.45) is 7.05 Å². The fourth-order valence-corrected chi connectivity index (χ4v) is 3.75. The molecule has 0 spiro atoms. The van der Waals surface area contributed by atoms with Crippen molar-refractivity contribution in [3.8, 4) is 11.5 Å². The minimum atomic E-state index is -0.606. The molecular weight excluding hydrogens is 422 g/mol. The van der Waals surface area contributed by atoms with Gasteiger partial charge in [-0.3, -0.25) is 18.7 Å². The molecule has 0 amide bonds. The molecule has 8 heteroatoms. The Morgan fingerprint density at radius 1 is 1.03 bits per heavy atom. The molecule has 1 aromatic heterocycles. The summed E-state index contributed by atoms with van der Waals surface area (Å²) < 4.78 is 13.8. The van der Waals surface area contributed by atoms with Crippen LogP contribution in [0.5, 0.6) is 11.5 Å². The zero-order chi connectivity index (χ0) is 23.5. The Bertz CT molecular complexity index is 1350. The Hall–Kier alpha value is -4.07. The number of aromatic nitrogens is 2. The first-order chi connectivity index (χ1) is 15.9. The number of methoxy groups -OCH3 is 1. The number of anilines is 1. The molecule has 0 bridgehead atoms. The number of rotatable bonds is 7. The predicted octanol–water partition coefficient (Wildman–Crippen LogP) is 3.19. The number of nitrogens with one attached hydrogen (secondary N) is 1. The van der Waals surface area contributed by atoms with Crippen LogP contribution >= 0.6 is 0 Å². The zero-order valence-electron chi connectivity index (χ0n) is 18.8. The molecular formula is C25H25N3O5. The van der Waals surface area contributed by atoms with E-state index in [2.05, 4.69) is 5.32 Å². The van der Waals surface area contributed by atoms with Gasteiger partial charge in [-0.1, -0.05) is 43.3 Å². The van der Waals surface area contributed by atoms with Crippen LogP contribution in [0.25, 0.3) is 6.08 Å². The molecule has 0 saturated carbocycles. The second-order valence-electron chi connectivity index (χ2n) is 7.72. The lowest BCUT2D eigenvalue weighted by Crippen LogP contribution is -2.40. The Morgan fingerprint density at radius 3 is 2.48 bits per heavy atom. The van der Waals surface area contributed by atoms with Crippen molar-refractivity contribution in [1.29, 1.82) is 0 Å². The summed E-state index contributed by atoms with van der Waals surface area (Å²) in [4.78, 5) is 38.1. The van der Waals surface area contributed by atoms with Crippen molar-refractivity contribution in [2.75, 3.05) is 12.4 Å². The molecule has 0 atom stereocenters. The smallest absolute Gasteiger partial charge is 0.332 e. The largest absolute Gasteiger partial charge is 0.493 e. The first kappa shape index (κ1) is 22.1. The third kappa shape index (κ3) is 4.19. The second kappa shape index (κ2) is 9.20. The van der Waals surface area contributed by atoms with E-state index in [0.29, 0.717) is 36.6 Å². The molecule has 33 heavy (non-hydrogen) atoms. The number of Topliss-reactive ketones (excluding diaryl/α,β-unsaturated/α-hetero) is 1. The van der Waals surface area contributed by atoms with E-state index in [-0.39, 0.29) is 17.1 Å². The van der Waals surface area contributed by atoms with Crippen molar-refractivity contribution in [3.63, 3.8) is 0 Å².